The summed E-state index contributed by atoms with van der Waals surface area (Å²) >= 11 is 0. The number of piperidine rings is 1. The molecule has 0 aromatic heterocycles. The zero-order valence-corrected chi connectivity index (χ0v) is 18.0. The molecule has 0 aliphatic carbocycles. The Kier molecular flexibility index (Phi) is 7.04. The fourth-order valence-corrected chi connectivity index (χ4v) is 4.90. The molecule has 4 rings (SSSR count). The lowest BCUT2D eigenvalue weighted by molar-refractivity contribution is 0.176. The van der Waals surface area contributed by atoms with E-state index in [1.807, 2.05) is 0 Å². The first-order valence-electron chi connectivity index (χ1n) is 11.2. The minimum atomic E-state index is 0.255. The monoisotopic (exact) mass is 395 g/mol. The molecule has 1 aliphatic rings. The van der Waals surface area contributed by atoms with Crippen LogP contribution in [0.3, 0.4) is 0 Å². The van der Waals surface area contributed by atoms with E-state index in [1.54, 1.807) is 0 Å². The maximum atomic E-state index is 3.46. The van der Waals surface area contributed by atoms with E-state index >= 15 is 0 Å². The van der Waals surface area contributed by atoms with Crippen LogP contribution in [0.4, 0.5) is 0 Å². The summed E-state index contributed by atoms with van der Waals surface area (Å²) in [5.41, 5.74) is 4.48. The second-order valence-electron chi connectivity index (χ2n) is 8.51. The molecule has 1 fully saturated rings. The lowest BCUT2D eigenvalue weighted by atomic mass is 9.58. The first-order chi connectivity index (χ1) is 14.8. The number of nitrogens with one attached hydrogen (secondary N) is 1. The first-order valence-corrected chi connectivity index (χ1v) is 11.2. The third-order valence-electron chi connectivity index (χ3n) is 6.63. The van der Waals surface area contributed by atoms with Crippen LogP contribution in [0, 0.1) is 0 Å². The highest BCUT2D eigenvalue weighted by molar-refractivity contribution is 6.39. The second kappa shape index (κ2) is 10.1. The molecular weight excluding hydrogens is 363 g/mol. The Hall–Kier alpha value is -2.36. The molecule has 1 saturated heterocycles. The largest absolute Gasteiger partial charge is 0.319 e. The predicted molar refractivity (Wildman–Crippen MR) is 128 cm³/mol. The molecule has 3 aromatic rings. The van der Waals surface area contributed by atoms with Crippen LogP contribution >= 0.6 is 0 Å². The van der Waals surface area contributed by atoms with Crippen LogP contribution in [0.2, 0.25) is 0 Å². The van der Waals surface area contributed by atoms with Gasteiger partial charge in [0.15, 0.2) is 0 Å². The van der Waals surface area contributed by atoms with Gasteiger partial charge in [-0.1, -0.05) is 91.0 Å². The number of nitrogens with zero attached hydrogens (tertiary/aromatic N) is 1. The minimum absolute atomic E-state index is 0.255. The molecule has 1 N–H and O–H groups in total. The van der Waals surface area contributed by atoms with Crippen molar-refractivity contribution in [2.24, 2.45) is 0 Å². The van der Waals surface area contributed by atoms with Gasteiger partial charge in [0, 0.05) is 12.0 Å². The van der Waals surface area contributed by atoms with E-state index in [0.29, 0.717) is 5.82 Å². The zero-order chi connectivity index (χ0) is 20.7. The molecule has 0 saturated carbocycles. The number of hydrogen-bond donors (Lipinski definition) is 1. The van der Waals surface area contributed by atoms with Gasteiger partial charge in [-0.2, -0.15) is 0 Å². The van der Waals surface area contributed by atoms with E-state index in [-0.39, 0.29) is 5.41 Å². The summed E-state index contributed by atoms with van der Waals surface area (Å²) in [7, 11) is 4.58. The van der Waals surface area contributed by atoms with Crippen LogP contribution < -0.4 is 5.32 Å². The molecule has 2 nitrogen and oxygen atoms in total. The maximum Gasteiger partial charge on any atom is 0.144 e. The van der Waals surface area contributed by atoms with Gasteiger partial charge in [0.2, 0.25) is 0 Å². The Labute approximate surface area is 182 Å². The number of rotatable bonds is 8. The van der Waals surface area contributed by atoms with Crippen molar-refractivity contribution in [2.75, 3.05) is 33.1 Å². The molecule has 3 aromatic carbocycles. The van der Waals surface area contributed by atoms with Crippen molar-refractivity contribution in [3.05, 3.63) is 108 Å². The van der Waals surface area contributed by atoms with Gasteiger partial charge in [0.25, 0.3) is 0 Å². The third kappa shape index (κ3) is 4.85. The number of likely N-dealkylation sites (N-methyl/N-ethyl adjacent to an activating group) is 1. The van der Waals surface area contributed by atoms with Gasteiger partial charge in [-0.25, -0.2) is 0 Å². The molecule has 30 heavy (non-hydrogen) atoms. The fourth-order valence-electron chi connectivity index (χ4n) is 4.90. The van der Waals surface area contributed by atoms with Gasteiger partial charge < -0.3 is 10.2 Å². The zero-order valence-electron chi connectivity index (χ0n) is 18.0. The molecule has 1 aliphatic heterocycles. The Morgan fingerprint density at radius 2 is 1.30 bits per heavy atom. The van der Waals surface area contributed by atoms with Crippen LogP contribution in [-0.2, 0) is 5.41 Å². The SMILES string of the molecule is CNCC1(c2ccccc2)CCN(C[B]C(c2ccccc2)c2ccccc2)CC1. The highest BCUT2D eigenvalue weighted by Crippen LogP contribution is 2.35. The van der Waals surface area contributed by atoms with Crippen LogP contribution in [0.15, 0.2) is 91.0 Å². The van der Waals surface area contributed by atoms with Gasteiger partial charge in [0.1, 0.15) is 7.28 Å². The van der Waals surface area contributed by atoms with Crippen LogP contribution in [0.1, 0.15) is 35.3 Å². The number of likely N-dealkylation sites (tertiary alicyclic amines) is 1. The predicted octanol–water partition coefficient (Wildman–Crippen LogP) is 4.69. The maximum absolute atomic E-state index is 3.46. The summed E-state index contributed by atoms with van der Waals surface area (Å²) in [5.74, 6) is 0.338. The Bertz CT molecular complexity index is 835. The van der Waals surface area contributed by atoms with Crippen molar-refractivity contribution in [1.82, 2.24) is 10.2 Å². The summed E-state index contributed by atoms with van der Waals surface area (Å²) in [4.78, 5) is 2.62. The second-order valence-corrected chi connectivity index (χ2v) is 8.51. The van der Waals surface area contributed by atoms with E-state index in [0.717, 1.165) is 26.1 Å². The van der Waals surface area contributed by atoms with Crippen molar-refractivity contribution >= 4 is 7.28 Å². The quantitative estimate of drug-likeness (QED) is 0.557. The summed E-state index contributed by atoms with van der Waals surface area (Å²) in [6, 6.07) is 32.9. The normalized spacial score (nSPS) is 16.5. The molecule has 153 valence electrons. The van der Waals surface area contributed by atoms with Crippen molar-refractivity contribution in [1.29, 1.82) is 0 Å². The summed E-state index contributed by atoms with van der Waals surface area (Å²) in [5, 5.41) is 3.46. The van der Waals surface area contributed by atoms with Crippen LogP contribution in [0.5, 0.6) is 0 Å². The smallest absolute Gasteiger partial charge is 0.144 e. The Balaban J connectivity index is 1.42. The van der Waals surface area contributed by atoms with Crippen molar-refractivity contribution in [2.45, 2.75) is 24.1 Å². The molecule has 0 spiro atoms. The van der Waals surface area contributed by atoms with Gasteiger partial charge >= 0.3 is 0 Å². The standard InChI is InChI=1S/C27H32BN2/c1-29-21-27(25-15-9-4-10-16-25)17-19-30(20-18-27)22-28-26(23-11-5-2-6-12-23)24-13-7-3-8-14-24/h2-16,26,29H,17-22H2,1H3. The molecule has 3 heteroatoms. The van der Waals surface area contributed by atoms with Crippen molar-refractivity contribution in [3.63, 3.8) is 0 Å². The van der Waals surface area contributed by atoms with Crippen molar-refractivity contribution in [3.8, 4) is 0 Å². The van der Waals surface area contributed by atoms with Crippen molar-refractivity contribution < 1.29 is 0 Å². The Morgan fingerprint density at radius 1 is 0.800 bits per heavy atom. The summed E-state index contributed by atoms with van der Waals surface area (Å²) < 4.78 is 0. The first kappa shape index (κ1) is 20.9. The molecular formula is C27H32BN2. The van der Waals surface area contributed by atoms with Crippen LogP contribution in [-0.4, -0.2) is 45.3 Å². The molecule has 1 radical (unpaired) electrons. The topological polar surface area (TPSA) is 15.3 Å². The van der Waals surface area contributed by atoms with E-state index in [9.17, 15) is 0 Å². The summed E-state index contributed by atoms with van der Waals surface area (Å²) in [6.07, 6.45) is 3.43. The molecule has 0 unspecified atom stereocenters. The van der Waals surface area contributed by atoms with Gasteiger partial charge in [-0.3, -0.25) is 0 Å². The number of hydrogen-bond acceptors (Lipinski definition) is 2. The van der Waals surface area contributed by atoms with Crippen LogP contribution in [0.25, 0.3) is 0 Å². The molecule has 0 amide bonds. The average Bonchev–Trinajstić information content (AvgIpc) is 2.82. The Morgan fingerprint density at radius 3 is 1.80 bits per heavy atom. The summed E-state index contributed by atoms with van der Waals surface area (Å²) in [6.45, 7) is 3.33. The highest BCUT2D eigenvalue weighted by Gasteiger charge is 2.35. The minimum Gasteiger partial charge on any atom is -0.319 e. The number of benzene rings is 3. The van der Waals surface area contributed by atoms with Gasteiger partial charge in [-0.15, -0.1) is 0 Å². The van der Waals surface area contributed by atoms with Gasteiger partial charge in [0.05, 0.1) is 0 Å². The molecule has 0 atom stereocenters. The van der Waals surface area contributed by atoms with E-state index in [2.05, 4.69) is 116 Å². The average molecular weight is 395 g/mol. The lowest BCUT2D eigenvalue weighted by Crippen LogP contribution is -2.48. The van der Waals surface area contributed by atoms with E-state index in [4.69, 9.17) is 0 Å². The lowest BCUT2D eigenvalue weighted by Gasteiger charge is -2.42. The van der Waals surface area contributed by atoms with E-state index < -0.39 is 0 Å². The highest BCUT2D eigenvalue weighted by atomic mass is 15.1. The fraction of sp³-hybridized carbons (Fsp3) is 0.333. The van der Waals surface area contributed by atoms with Gasteiger partial charge in [-0.05, 0) is 61.9 Å². The molecule has 1 heterocycles. The third-order valence-corrected chi connectivity index (χ3v) is 6.63. The molecule has 0 bridgehead atoms. The van der Waals surface area contributed by atoms with E-state index in [1.165, 1.54) is 29.5 Å².